The Kier molecular flexibility index (Phi) is 5.51. The van der Waals surface area contributed by atoms with Crippen LogP contribution in [-0.4, -0.2) is 41.7 Å². The number of benzene rings is 1. The number of aryl methyl sites for hydroxylation is 1. The third-order valence-corrected chi connectivity index (χ3v) is 10.6. The summed E-state index contributed by atoms with van der Waals surface area (Å²) in [5, 5.41) is 4.38. The van der Waals surface area contributed by atoms with Crippen LogP contribution in [0.4, 0.5) is 5.13 Å². The number of nitrogens with one attached hydrogen (secondary N) is 1. The molecule has 12 heteroatoms. The van der Waals surface area contributed by atoms with Crippen molar-refractivity contribution in [3.8, 4) is 0 Å². The number of aromatic nitrogens is 2. The second kappa shape index (κ2) is 8.05. The van der Waals surface area contributed by atoms with Crippen LogP contribution in [0.3, 0.4) is 0 Å². The summed E-state index contributed by atoms with van der Waals surface area (Å²) in [7, 11) is -3.66. The van der Waals surface area contributed by atoms with Crippen LogP contribution < -0.4 is 5.32 Å². The number of fused-ring (bicyclic) bond motifs is 3. The van der Waals surface area contributed by atoms with Crippen LogP contribution in [0.25, 0.3) is 20.4 Å². The summed E-state index contributed by atoms with van der Waals surface area (Å²) in [5.41, 5.74) is 1.70. The van der Waals surface area contributed by atoms with E-state index < -0.39 is 15.9 Å². The van der Waals surface area contributed by atoms with Crippen LogP contribution in [0.15, 0.2) is 28.5 Å². The molecule has 0 radical (unpaired) electrons. The smallest absolute Gasteiger partial charge is 0.252 e. The van der Waals surface area contributed by atoms with Gasteiger partial charge < -0.3 is 5.32 Å². The Balaban J connectivity index is 1.35. The number of carbonyl (C=O) groups is 1. The van der Waals surface area contributed by atoms with Gasteiger partial charge in [-0.2, -0.15) is 4.31 Å². The molecule has 5 rings (SSSR count). The summed E-state index contributed by atoms with van der Waals surface area (Å²) in [6, 6.07) is 7.01. The van der Waals surface area contributed by atoms with Gasteiger partial charge in [-0.05, 0) is 44.0 Å². The molecule has 1 aliphatic heterocycles. The second-order valence-electron chi connectivity index (χ2n) is 7.26. The Bertz CT molecular complexity index is 1410. The average molecular weight is 513 g/mol. The molecule has 1 saturated heterocycles. The summed E-state index contributed by atoms with van der Waals surface area (Å²) in [5.74, 6) is -0.652. The number of amides is 1. The summed E-state index contributed by atoms with van der Waals surface area (Å²) in [6.07, 6.45) is 1.25. The van der Waals surface area contributed by atoms with Crippen LogP contribution in [0.5, 0.6) is 0 Å². The molecule has 1 aliphatic rings. The predicted octanol–water partition coefficient (Wildman–Crippen LogP) is 4.97. The van der Waals surface area contributed by atoms with Crippen molar-refractivity contribution in [3.63, 3.8) is 0 Å². The highest BCUT2D eigenvalue weighted by Gasteiger charge is 2.34. The maximum absolute atomic E-state index is 12.9. The zero-order chi connectivity index (χ0) is 21.8. The Hall–Kier alpha value is -1.63. The van der Waals surface area contributed by atoms with Crippen molar-refractivity contribution in [2.45, 2.75) is 24.0 Å². The minimum Gasteiger partial charge on any atom is -0.302 e. The molecule has 4 aromatic rings. The zero-order valence-electron chi connectivity index (χ0n) is 16.3. The minimum absolute atomic E-state index is 0.143. The number of hydrogen-bond acceptors (Lipinski definition) is 8. The van der Waals surface area contributed by atoms with Gasteiger partial charge in [-0.25, -0.2) is 18.4 Å². The molecule has 1 N–H and O–H groups in total. The molecule has 1 amide bonds. The van der Waals surface area contributed by atoms with Gasteiger partial charge in [0.1, 0.15) is 9.73 Å². The molecule has 31 heavy (non-hydrogen) atoms. The molecule has 1 unspecified atom stereocenters. The number of anilines is 1. The fourth-order valence-corrected chi connectivity index (χ4v) is 8.71. The van der Waals surface area contributed by atoms with Crippen LogP contribution >= 0.6 is 45.6 Å². The maximum Gasteiger partial charge on any atom is 0.252 e. The van der Waals surface area contributed by atoms with E-state index >= 15 is 0 Å². The van der Waals surface area contributed by atoms with Gasteiger partial charge >= 0.3 is 0 Å². The first-order valence-corrected chi connectivity index (χ1v) is 13.8. The topological polar surface area (TPSA) is 92.3 Å². The number of thiophene rings is 1. The quantitative estimate of drug-likeness (QED) is 0.417. The van der Waals surface area contributed by atoms with E-state index in [1.165, 1.54) is 21.7 Å². The van der Waals surface area contributed by atoms with E-state index in [0.717, 1.165) is 36.8 Å². The number of halogens is 1. The summed E-state index contributed by atoms with van der Waals surface area (Å²) in [6.45, 7) is 2.50. The van der Waals surface area contributed by atoms with E-state index in [2.05, 4.69) is 15.3 Å². The lowest BCUT2D eigenvalue weighted by molar-refractivity contribution is -0.120. The van der Waals surface area contributed by atoms with Crippen molar-refractivity contribution >= 4 is 87.1 Å². The Morgan fingerprint density at radius 2 is 2.03 bits per heavy atom. The largest absolute Gasteiger partial charge is 0.302 e. The minimum atomic E-state index is -3.66. The molecule has 1 fully saturated rings. The number of sulfonamides is 1. The first kappa shape index (κ1) is 21.2. The fourth-order valence-electron chi connectivity index (χ4n) is 3.69. The van der Waals surface area contributed by atoms with E-state index in [1.807, 2.05) is 19.1 Å². The van der Waals surface area contributed by atoms with Crippen molar-refractivity contribution in [2.24, 2.45) is 5.92 Å². The standard InChI is InChI=1S/C19H17ClN4O3S4/c1-10-21-16-13(28-10)5-4-12-17(16)30-19(22-12)23-18(25)11-3-2-8-24(9-11)31(26,27)15-7-6-14(20)29-15/h4-7,11H,2-3,8-9H2,1H3,(H,22,23,25). The lowest BCUT2D eigenvalue weighted by Crippen LogP contribution is -2.43. The number of nitrogens with zero attached hydrogens (tertiary/aromatic N) is 3. The average Bonchev–Trinajstić information content (AvgIpc) is 3.45. The highest BCUT2D eigenvalue weighted by Crippen LogP contribution is 2.35. The molecule has 7 nitrogen and oxygen atoms in total. The molecule has 162 valence electrons. The lowest BCUT2D eigenvalue weighted by Gasteiger charge is -2.30. The van der Waals surface area contributed by atoms with Crippen molar-refractivity contribution in [3.05, 3.63) is 33.6 Å². The fraction of sp³-hybridized carbons (Fsp3) is 0.316. The van der Waals surface area contributed by atoms with Crippen LogP contribution in [0, 0.1) is 12.8 Å². The molecule has 0 bridgehead atoms. The monoisotopic (exact) mass is 512 g/mol. The molecule has 3 aromatic heterocycles. The van der Waals surface area contributed by atoms with Crippen LogP contribution in [0.1, 0.15) is 17.8 Å². The number of piperidine rings is 1. The number of rotatable bonds is 4. The summed E-state index contributed by atoms with van der Waals surface area (Å²) >= 11 is 9.96. The van der Waals surface area contributed by atoms with Crippen molar-refractivity contribution in [1.82, 2.24) is 14.3 Å². The summed E-state index contributed by atoms with van der Waals surface area (Å²) in [4.78, 5) is 22.0. The van der Waals surface area contributed by atoms with Gasteiger partial charge in [-0.15, -0.1) is 22.7 Å². The van der Waals surface area contributed by atoms with Crippen LogP contribution in [-0.2, 0) is 14.8 Å². The summed E-state index contributed by atoms with van der Waals surface area (Å²) < 4.78 is 29.8. The molecule has 1 aromatic carbocycles. The van der Waals surface area contributed by atoms with Gasteiger partial charge in [0.2, 0.25) is 5.91 Å². The zero-order valence-corrected chi connectivity index (χ0v) is 20.3. The van der Waals surface area contributed by atoms with E-state index in [0.29, 0.717) is 28.9 Å². The van der Waals surface area contributed by atoms with E-state index in [-0.39, 0.29) is 16.7 Å². The second-order valence-corrected chi connectivity index (χ2v) is 13.4. The molecule has 0 spiro atoms. The van der Waals surface area contributed by atoms with Gasteiger partial charge in [0.15, 0.2) is 5.13 Å². The SMILES string of the molecule is Cc1nc2c(ccc3nc(NC(=O)C4CCCN(S(=O)(=O)c5ccc(Cl)s5)C4)sc32)s1. The van der Waals surface area contributed by atoms with Gasteiger partial charge in [-0.3, -0.25) is 4.79 Å². The number of thiazole rings is 2. The molecular formula is C19H17ClN4O3S4. The van der Waals surface area contributed by atoms with E-state index in [1.54, 1.807) is 17.4 Å². The third-order valence-electron chi connectivity index (χ3n) is 5.15. The number of hydrogen-bond donors (Lipinski definition) is 1. The van der Waals surface area contributed by atoms with Gasteiger partial charge in [0, 0.05) is 13.1 Å². The Morgan fingerprint density at radius 1 is 1.19 bits per heavy atom. The van der Waals surface area contributed by atoms with Crippen molar-refractivity contribution in [2.75, 3.05) is 18.4 Å². The van der Waals surface area contributed by atoms with Crippen molar-refractivity contribution in [1.29, 1.82) is 0 Å². The highest BCUT2D eigenvalue weighted by molar-refractivity contribution is 7.91. The highest BCUT2D eigenvalue weighted by atomic mass is 35.5. The van der Waals surface area contributed by atoms with Gasteiger partial charge in [0.05, 0.1) is 30.2 Å². The maximum atomic E-state index is 12.9. The number of carbonyl (C=O) groups excluding carboxylic acids is 1. The molecule has 0 aliphatic carbocycles. The Labute approximate surface area is 195 Å². The molecule has 4 heterocycles. The van der Waals surface area contributed by atoms with E-state index in [9.17, 15) is 13.2 Å². The Morgan fingerprint density at radius 3 is 2.81 bits per heavy atom. The van der Waals surface area contributed by atoms with Crippen molar-refractivity contribution < 1.29 is 13.2 Å². The first-order valence-electron chi connectivity index (χ1n) is 9.54. The lowest BCUT2D eigenvalue weighted by atomic mass is 9.99. The normalized spacial score (nSPS) is 18.1. The molecule has 0 saturated carbocycles. The third kappa shape index (κ3) is 3.98. The van der Waals surface area contributed by atoms with Crippen LogP contribution in [0.2, 0.25) is 4.34 Å². The van der Waals surface area contributed by atoms with Gasteiger partial charge in [-0.1, -0.05) is 22.9 Å². The molecular weight excluding hydrogens is 496 g/mol. The van der Waals surface area contributed by atoms with Gasteiger partial charge in [0.25, 0.3) is 10.0 Å². The first-order chi connectivity index (χ1) is 14.8. The van der Waals surface area contributed by atoms with E-state index in [4.69, 9.17) is 11.6 Å². The molecule has 1 atom stereocenters. The predicted molar refractivity (Wildman–Crippen MR) is 127 cm³/mol.